The van der Waals surface area contributed by atoms with Crippen molar-refractivity contribution in [3.05, 3.63) is 0 Å². The zero-order valence-corrected chi connectivity index (χ0v) is 16.6. The lowest BCUT2D eigenvalue weighted by atomic mass is 9.45. The lowest BCUT2D eigenvalue weighted by Crippen LogP contribution is -2.53. The molecule has 4 unspecified atom stereocenters. The maximum absolute atomic E-state index is 12.5. The summed E-state index contributed by atoms with van der Waals surface area (Å²) in [5.74, 6) is 4.21. The number of hydrogen-bond acceptors (Lipinski definition) is 4. The van der Waals surface area contributed by atoms with Gasteiger partial charge in [-0.3, -0.25) is 4.79 Å². The normalized spacial score (nSPS) is 48.1. The maximum Gasteiger partial charge on any atom is 0.139 e. The maximum atomic E-state index is 12.5. The molecule has 4 saturated carbocycles. The van der Waals surface area contributed by atoms with Gasteiger partial charge in [-0.25, -0.2) is 0 Å². The first kappa shape index (κ1) is 18.5. The smallest absolute Gasteiger partial charge is 0.139 e. The van der Waals surface area contributed by atoms with Crippen molar-refractivity contribution in [2.24, 2.45) is 51.3 Å². The molecule has 0 saturated heterocycles. The molecule has 4 aliphatic carbocycles. The van der Waals surface area contributed by atoms with Crippen LogP contribution in [-0.4, -0.2) is 25.1 Å². The van der Waals surface area contributed by atoms with E-state index in [1.54, 1.807) is 0 Å². The highest BCUT2D eigenvalue weighted by Crippen LogP contribution is 2.65. The number of rotatable bonds is 4. The molecule has 4 nitrogen and oxygen atoms in total. The average molecular weight is 361 g/mol. The van der Waals surface area contributed by atoms with Crippen LogP contribution in [0.1, 0.15) is 71.6 Å². The number of nitrogens with zero attached hydrogens (tertiary/aromatic N) is 1. The van der Waals surface area contributed by atoms with Gasteiger partial charge in [0.25, 0.3) is 0 Å². The second-order valence-electron chi connectivity index (χ2n) is 9.99. The van der Waals surface area contributed by atoms with Gasteiger partial charge in [0.15, 0.2) is 0 Å². The van der Waals surface area contributed by atoms with Gasteiger partial charge in [-0.1, -0.05) is 19.0 Å². The Hall–Kier alpha value is -0.900. The highest BCUT2D eigenvalue weighted by molar-refractivity contribution is 5.87. The van der Waals surface area contributed by atoms with E-state index >= 15 is 0 Å². The number of fused-ring (bicyclic) bond motifs is 5. The summed E-state index contributed by atoms with van der Waals surface area (Å²) in [6, 6.07) is 0. The van der Waals surface area contributed by atoms with E-state index in [0.29, 0.717) is 36.2 Å². The van der Waals surface area contributed by atoms with E-state index in [0.717, 1.165) is 37.0 Å². The van der Waals surface area contributed by atoms with E-state index < -0.39 is 0 Å². The van der Waals surface area contributed by atoms with Crippen LogP contribution in [0, 0.1) is 40.4 Å². The lowest BCUT2D eigenvalue weighted by molar-refractivity contribution is -0.139. The molecule has 26 heavy (non-hydrogen) atoms. The predicted octanol–water partition coefficient (Wildman–Crippen LogP) is 4.18. The van der Waals surface area contributed by atoms with E-state index in [-0.39, 0.29) is 5.41 Å². The molecule has 0 aliphatic heterocycles. The third-order valence-electron chi connectivity index (χ3n) is 8.97. The van der Waals surface area contributed by atoms with Crippen molar-refractivity contribution in [1.82, 2.24) is 0 Å². The van der Waals surface area contributed by atoms with Crippen molar-refractivity contribution in [1.29, 1.82) is 0 Å². The van der Waals surface area contributed by atoms with Gasteiger partial charge in [0.2, 0.25) is 0 Å². The molecule has 0 aromatic carbocycles. The zero-order chi connectivity index (χ0) is 18.4. The number of Topliss-reactive ketones (excluding diaryl/α,β-unsaturated/α-hetero) is 1. The van der Waals surface area contributed by atoms with Gasteiger partial charge in [-0.2, -0.15) is 0 Å². The van der Waals surface area contributed by atoms with Crippen LogP contribution < -0.4 is 5.73 Å². The Bertz CT molecular complexity index is 576. The Labute approximate surface area is 158 Å². The van der Waals surface area contributed by atoms with Gasteiger partial charge < -0.3 is 10.6 Å². The first-order valence-corrected chi connectivity index (χ1v) is 10.9. The molecule has 0 aromatic rings. The summed E-state index contributed by atoms with van der Waals surface area (Å²) >= 11 is 0. The molecule has 4 rings (SSSR count). The third kappa shape index (κ3) is 2.83. The van der Waals surface area contributed by atoms with Gasteiger partial charge in [-0.15, -0.1) is 0 Å². The molecule has 0 heterocycles. The quantitative estimate of drug-likeness (QED) is 0.465. The Morgan fingerprint density at radius 3 is 2.81 bits per heavy atom. The molecule has 0 spiro atoms. The SMILES string of the molecule is C[C@]12CC[C@@H](C=NOCCN)CC1CCC1C2CC[C@]2(C)C(=O)CCC12. The van der Waals surface area contributed by atoms with E-state index in [2.05, 4.69) is 19.0 Å². The minimum Gasteiger partial charge on any atom is -0.395 e. The minimum absolute atomic E-state index is 0.00849. The van der Waals surface area contributed by atoms with E-state index in [9.17, 15) is 4.79 Å². The summed E-state index contributed by atoms with van der Waals surface area (Å²) in [6.07, 6.45) is 12.9. The Balaban J connectivity index is 1.46. The minimum atomic E-state index is 0.00849. The summed E-state index contributed by atoms with van der Waals surface area (Å²) in [5.41, 5.74) is 5.93. The van der Waals surface area contributed by atoms with Crippen molar-refractivity contribution >= 4 is 12.0 Å². The second-order valence-corrected chi connectivity index (χ2v) is 9.99. The fourth-order valence-electron chi connectivity index (χ4n) is 7.43. The van der Waals surface area contributed by atoms with E-state index in [1.165, 1.54) is 38.5 Å². The van der Waals surface area contributed by atoms with Crippen molar-refractivity contribution < 1.29 is 9.63 Å². The molecule has 7 atom stereocenters. The van der Waals surface area contributed by atoms with Crippen LogP contribution in [0.5, 0.6) is 0 Å². The number of hydrogen-bond donors (Lipinski definition) is 1. The monoisotopic (exact) mass is 360 g/mol. The van der Waals surface area contributed by atoms with E-state index in [4.69, 9.17) is 10.6 Å². The summed E-state index contributed by atoms with van der Waals surface area (Å²) in [7, 11) is 0. The van der Waals surface area contributed by atoms with Crippen molar-refractivity contribution in [3.8, 4) is 0 Å². The Kier molecular flexibility index (Phi) is 4.92. The molecular weight excluding hydrogens is 324 g/mol. The van der Waals surface area contributed by atoms with Crippen molar-refractivity contribution in [3.63, 3.8) is 0 Å². The molecular formula is C22H36N2O2. The van der Waals surface area contributed by atoms with Gasteiger partial charge in [0, 0.05) is 24.6 Å². The number of carbonyl (C=O) groups excluding carboxylic acids is 1. The van der Waals surface area contributed by atoms with Gasteiger partial charge in [0.1, 0.15) is 12.4 Å². The average Bonchev–Trinajstić information content (AvgIpc) is 2.94. The largest absolute Gasteiger partial charge is 0.395 e. The number of nitrogens with two attached hydrogens (primary N) is 1. The van der Waals surface area contributed by atoms with Crippen molar-refractivity contribution in [2.75, 3.05) is 13.2 Å². The molecule has 4 aliphatic rings. The first-order chi connectivity index (χ1) is 12.5. The van der Waals surface area contributed by atoms with Crippen LogP contribution in [0.2, 0.25) is 0 Å². The highest BCUT2D eigenvalue weighted by Gasteiger charge is 2.60. The van der Waals surface area contributed by atoms with Gasteiger partial charge in [-0.05, 0) is 86.4 Å². The summed E-state index contributed by atoms with van der Waals surface area (Å²) < 4.78 is 0. The lowest BCUT2D eigenvalue weighted by Gasteiger charge is -2.60. The second kappa shape index (κ2) is 6.92. The molecule has 0 amide bonds. The number of ketones is 1. The van der Waals surface area contributed by atoms with Crippen LogP contribution in [-0.2, 0) is 9.63 Å². The molecule has 2 N–H and O–H groups in total. The standard InChI is InChI=1S/C22H36N2O2/c1-21-9-7-15(14-24-26-12-11-23)13-16(21)3-4-17-18-5-6-20(25)22(18,2)10-8-19(17)21/h14-19H,3-13,23H2,1-2H3/t15-,16?,17?,18?,19?,21+,22+/m1/s1. The predicted molar refractivity (Wildman–Crippen MR) is 104 cm³/mol. The Morgan fingerprint density at radius 2 is 2.00 bits per heavy atom. The van der Waals surface area contributed by atoms with Gasteiger partial charge >= 0.3 is 0 Å². The molecule has 4 fully saturated rings. The van der Waals surface area contributed by atoms with Crippen LogP contribution in [0.4, 0.5) is 0 Å². The van der Waals surface area contributed by atoms with Crippen LogP contribution in [0.3, 0.4) is 0 Å². The summed E-state index contributed by atoms with van der Waals surface area (Å²) in [6.45, 7) is 5.89. The Morgan fingerprint density at radius 1 is 1.15 bits per heavy atom. The van der Waals surface area contributed by atoms with Crippen LogP contribution in [0.15, 0.2) is 5.16 Å². The number of oxime groups is 1. The fourth-order valence-corrected chi connectivity index (χ4v) is 7.43. The highest BCUT2D eigenvalue weighted by atomic mass is 16.6. The molecule has 146 valence electrons. The van der Waals surface area contributed by atoms with Crippen molar-refractivity contribution in [2.45, 2.75) is 71.6 Å². The molecule has 0 radical (unpaired) electrons. The fraction of sp³-hybridized carbons (Fsp3) is 0.909. The van der Waals surface area contributed by atoms with E-state index in [1.807, 2.05) is 6.21 Å². The topological polar surface area (TPSA) is 64.7 Å². The first-order valence-electron chi connectivity index (χ1n) is 10.9. The zero-order valence-electron chi connectivity index (χ0n) is 16.6. The van der Waals surface area contributed by atoms with Crippen LogP contribution in [0.25, 0.3) is 0 Å². The van der Waals surface area contributed by atoms with Gasteiger partial charge in [0.05, 0.1) is 0 Å². The number of carbonyl (C=O) groups is 1. The van der Waals surface area contributed by atoms with Crippen LogP contribution >= 0.6 is 0 Å². The molecule has 0 aromatic heterocycles. The molecule has 0 bridgehead atoms. The summed E-state index contributed by atoms with van der Waals surface area (Å²) in [4.78, 5) is 17.7. The third-order valence-corrected chi connectivity index (χ3v) is 8.97. The molecule has 4 heteroatoms. The summed E-state index contributed by atoms with van der Waals surface area (Å²) in [5, 5.41) is 4.15.